The van der Waals surface area contributed by atoms with E-state index in [2.05, 4.69) is 15.3 Å². The van der Waals surface area contributed by atoms with Gasteiger partial charge in [0.05, 0.1) is 17.3 Å². The van der Waals surface area contributed by atoms with E-state index < -0.39 is 0 Å². The van der Waals surface area contributed by atoms with Crippen LogP contribution in [-0.4, -0.2) is 22.1 Å². The zero-order chi connectivity index (χ0) is 15.2. The average molecular weight is 301 g/mol. The highest BCUT2D eigenvalue weighted by molar-refractivity contribution is 7.98. The first kappa shape index (κ1) is 15.5. The van der Waals surface area contributed by atoms with Crippen molar-refractivity contribution in [3.63, 3.8) is 0 Å². The van der Waals surface area contributed by atoms with Gasteiger partial charge in [0.25, 0.3) is 5.91 Å². The fraction of sp³-hybridized carbons (Fsp3) is 0.312. The van der Waals surface area contributed by atoms with Crippen LogP contribution in [-0.2, 0) is 6.42 Å². The minimum atomic E-state index is -0.129. The zero-order valence-corrected chi connectivity index (χ0v) is 13.3. The lowest BCUT2D eigenvalue weighted by molar-refractivity contribution is 0.0938. The average Bonchev–Trinajstić information content (AvgIpc) is 2.54. The number of thioether (sulfide) groups is 1. The largest absolute Gasteiger partial charge is 0.345 e. The predicted octanol–water partition coefficient (Wildman–Crippen LogP) is 3.25. The highest BCUT2D eigenvalue weighted by atomic mass is 32.2. The van der Waals surface area contributed by atoms with E-state index in [1.165, 1.54) is 11.8 Å². The van der Waals surface area contributed by atoms with Crippen molar-refractivity contribution in [2.75, 3.05) is 6.26 Å². The molecule has 0 spiro atoms. The van der Waals surface area contributed by atoms with Crippen molar-refractivity contribution >= 4 is 17.7 Å². The van der Waals surface area contributed by atoms with Crippen molar-refractivity contribution in [2.24, 2.45) is 0 Å². The zero-order valence-electron chi connectivity index (χ0n) is 12.5. The maximum atomic E-state index is 12.4. The van der Waals surface area contributed by atoms with E-state index in [0.29, 0.717) is 17.1 Å². The molecule has 0 aliphatic carbocycles. The van der Waals surface area contributed by atoms with E-state index >= 15 is 0 Å². The normalized spacial score (nSPS) is 12.0. The van der Waals surface area contributed by atoms with Crippen molar-refractivity contribution in [2.45, 2.75) is 31.5 Å². The molecule has 2 aromatic rings. The molecule has 0 unspecified atom stereocenters. The summed E-state index contributed by atoms with van der Waals surface area (Å²) >= 11 is 1.48. The van der Waals surface area contributed by atoms with Gasteiger partial charge in [-0.3, -0.25) is 4.79 Å². The van der Waals surface area contributed by atoms with Crippen LogP contribution in [0.1, 0.15) is 41.5 Å². The molecule has 1 amide bonds. The number of amides is 1. The van der Waals surface area contributed by atoms with E-state index in [1.807, 2.05) is 50.4 Å². The van der Waals surface area contributed by atoms with Gasteiger partial charge in [-0.05, 0) is 25.2 Å². The van der Waals surface area contributed by atoms with E-state index in [9.17, 15) is 4.79 Å². The van der Waals surface area contributed by atoms with Gasteiger partial charge in [0.1, 0.15) is 0 Å². The third-order valence-electron chi connectivity index (χ3n) is 3.25. The summed E-state index contributed by atoms with van der Waals surface area (Å²) in [6.45, 7) is 3.96. The van der Waals surface area contributed by atoms with Gasteiger partial charge < -0.3 is 5.32 Å². The number of aromatic nitrogens is 2. The van der Waals surface area contributed by atoms with Gasteiger partial charge in [0, 0.05) is 6.20 Å². The first-order valence-electron chi connectivity index (χ1n) is 6.91. The molecule has 1 aromatic carbocycles. The minimum Gasteiger partial charge on any atom is -0.345 e. The highest BCUT2D eigenvalue weighted by Gasteiger charge is 2.16. The lowest BCUT2D eigenvalue weighted by Crippen LogP contribution is -2.28. The van der Waals surface area contributed by atoms with Gasteiger partial charge in [-0.15, -0.1) is 0 Å². The molecule has 0 fully saturated rings. The van der Waals surface area contributed by atoms with Gasteiger partial charge in [0.2, 0.25) is 0 Å². The fourth-order valence-electron chi connectivity index (χ4n) is 2.06. The molecular weight excluding hydrogens is 282 g/mol. The molecule has 110 valence electrons. The van der Waals surface area contributed by atoms with Crippen molar-refractivity contribution in [3.8, 4) is 0 Å². The first-order chi connectivity index (χ1) is 10.2. The lowest BCUT2D eigenvalue weighted by atomic mass is 10.1. The number of benzene rings is 1. The Hall–Kier alpha value is -1.88. The van der Waals surface area contributed by atoms with Gasteiger partial charge in [-0.1, -0.05) is 49.0 Å². The quantitative estimate of drug-likeness (QED) is 0.680. The van der Waals surface area contributed by atoms with Crippen molar-refractivity contribution in [1.82, 2.24) is 15.3 Å². The Morgan fingerprint density at radius 3 is 2.67 bits per heavy atom. The van der Waals surface area contributed by atoms with Crippen LogP contribution in [0.3, 0.4) is 0 Å². The maximum Gasteiger partial charge on any atom is 0.255 e. The predicted molar refractivity (Wildman–Crippen MR) is 85.5 cm³/mol. The Kier molecular flexibility index (Phi) is 5.33. The Morgan fingerprint density at radius 2 is 2.05 bits per heavy atom. The second kappa shape index (κ2) is 7.22. The summed E-state index contributed by atoms with van der Waals surface area (Å²) < 4.78 is 0. The van der Waals surface area contributed by atoms with Gasteiger partial charge >= 0.3 is 0 Å². The number of carbonyl (C=O) groups is 1. The summed E-state index contributed by atoms with van der Waals surface area (Å²) in [4.78, 5) is 21.0. The molecule has 5 heteroatoms. The monoisotopic (exact) mass is 301 g/mol. The van der Waals surface area contributed by atoms with Crippen LogP contribution >= 0.6 is 11.8 Å². The summed E-state index contributed by atoms with van der Waals surface area (Å²) in [6, 6.07) is 9.83. The van der Waals surface area contributed by atoms with E-state index in [0.717, 1.165) is 11.3 Å². The minimum absolute atomic E-state index is 0.0522. The van der Waals surface area contributed by atoms with Crippen LogP contribution in [0.2, 0.25) is 0 Å². The number of rotatable bonds is 5. The van der Waals surface area contributed by atoms with Gasteiger partial charge in [-0.25, -0.2) is 9.97 Å². The molecule has 0 saturated heterocycles. The van der Waals surface area contributed by atoms with E-state index in [-0.39, 0.29) is 11.9 Å². The molecule has 1 N–H and O–H groups in total. The van der Waals surface area contributed by atoms with Gasteiger partial charge in [-0.2, -0.15) is 0 Å². The number of nitrogens with zero attached hydrogens (tertiary/aromatic N) is 2. The number of nitrogens with one attached hydrogen (secondary N) is 1. The second-order valence-electron chi connectivity index (χ2n) is 4.68. The van der Waals surface area contributed by atoms with Crippen LogP contribution in [0, 0.1) is 0 Å². The molecule has 0 bridgehead atoms. The second-order valence-corrected chi connectivity index (χ2v) is 5.45. The number of carbonyl (C=O) groups excluding carboxylic acids is 1. The van der Waals surface area contributed by atoms with Gasteiger partial charge in [0.15, 0.2) is 5.16 Å². The molecule has 1 atom stereocenters. The van der Waals surface area contributed by atoms with Crippen LogP contribution < -0.4 is 5.32 Å². The molecule has 1 heterocycles. The smallest absolute Gasteiger partial charge is 0.255 e. The van der Waals surface area contributed by atoms with Crippen LogP contribution in [0.25, 0.3) is 0 Å². The maximum absolute atomic E-state index is 12.4. The molecule has 4 nitrogen and oxygen atoms in total. The molecule has 0 aliphatic rings. The molecule has 2 rings (SSSR count). The number of aryl methyl sites for hydroxylation is 1. The van der Waals surface area contributed by atoms with Crippen LogP contribution in [0.5, 0.6) is 0 Å². The Balaban J connectivity index is 2.17. The summed E-state index contributed by atoms with van der Waals surface area (Å²) in [7, 11) is 0. The topological polar surface area (TPSA) is 54.9 Å². The van der Waals surface area contributed by atoms with E-state index in [1.54, 1.807) is 6.20 Å². The highest BCUT2D eigenvalue weighted by Crippen LogP contribution is 2.15. The van der Waals surface area contributed by atoms with Crippen molar-refractivity contribution in [1.29, 1.82) is 0 Å². The van der Waals surface area contributed by atoms with Crippen molar-refractivity contribution < 1.29 is 4.79 Å². The van der Waals surface area contributed by atoms with Crippen LogP contribution in [0.4, 0.5) is 0 Å². The van der Waals surface area contributed by atoms with E-state index in [4.69, 9.17) is 0 Å². The summed E-state index contributed by atoms with van der Waals surface area (Å²) in [6.07, 6.45) is 4.25. The summed E-state index contributed by atoms with van der Waals surface area (Å²) in [5, 5.41) is 3.69. The Morgan fingerprint density at radius 1 is 1.33 bits per heavy atom. The summed E-state index contributed by atoms with van der Waals surface area (Å²) in [5.41, 5.74) is 2.41. The molecule has 0 saturated carbocycles. The summed E-state index contributed by atoms with van der Waals surface area (Å²) in [5.74, 6) is -0.129. The molecule has 0 radical (unpaired) electrons. The Labute approximate surface area is 129 Å². The third-order valence-corrected chi connectivity index (χ3v) is 3.82. The number of hydrogen-bond donors (Lipinski definition) is 1. The molecule has 1 aromatic heterocycles. The molecule has 21 heavy (non-hydrogen) atoms. The number of hydrogen-bond acceptors (Lipinski definition) is 4. The molecular formula is C16H19N3OS. The fourth-order valence-corrected chi connectivity index (χ4v) is 2.42. The van der Waals surface area contributed by atoms with Crippen molar-refractivity contribution in [3.05, 3.63) is 53.3 Å². The molecule has 0 aliphatic heterocycles. The third kappa shape index (κ3) is 3.82. The SMILES string of the molecule is CCc1nc(SC)ncc1C(=O)N[C@H](C)c1ccccc1. The first-order valence-corrected chi connectivity index (χ1v) is 8.13. The lowest BCUT2D eigenvalue weighted by Gasteiger charge is -2.15. The van der Waals surface area contributed by atoms with Crippen LogP contribution in [0.15, 0.2) is 41.7 Å². The Bertz CT molecular complexity index is 616. The standard InChI is InChI=1S/C16H19N3OS/c1-4-14-13(10-17-16(19-14)21-3)15(20)18-11(2)12-8-6-5-7-9-12/h5-11H,4H2,1-3H3,(H,18,20)/t11-/m1/s1.